The lowest BCUT2D eigenvalue weighted by Gasteiger charge is -2.32. The van der Waals surface area contributed by atoms with E-state index in [4.69, 9.17) is 21.4 Å². The maximum absolute atomic E-state index is 11.2. The Morgan fingerprint density at radius 3 is 2.70 bits per heavy atom. The van der Waals surface area contributed by atoms with Gasteiger partial charge in [-0.3, -0.25) is 4.90 Å². The fraction of sp³-hybridized carbons (Fsp3) is 0.500. The number of piperazine rings is 1. The third-order valence-corrected chi connectivity index (χ3v) is 3.77. The maximum atomic E-state index is 11.2. The molecule has 0 amide bonds. The molecular weight excluding hydrogens is 280 g/mol. The molecule has 1 aromatic carbocycles. The number of carbonyl (C=O) groups is 1. The number of carboxylic acid groups (broad SMARTS) is 1. The molecule has 2 rings (SSSR count). The Bertz CT molecular complexity index is 473. The van der Waals surface area contributed by atoms with E-state index in [2.05, 4.69) is 16.8 Å². The van der Waals surface area contributed by atoms with E-state index in [-0.39, 0.29) is 10.6 Å². The van der Waals surface area contributed by atoms with E-state index in [9.17, 15) is 4.79 Å². The van der Waals surface area contributed by atoms with E-state index < -0.39 is 5.97 Å². The van der Waals surface area contributed by atoms with E-state index >= 15 is 0 Å². The van der Waals surface area contributed by atoms with Crippen molar-refractivity contribution in [2.45, 2.75) is 0 Å². The molecule has 20 heavy (non-hydrogen) atoms. The summed E-state index contributed by atoms with van der Waals surface area (Å²) < 4.78 is 5.59. The van der Waals surface area contributed by atoms with Crippen molar-refractivity contribution in [2.75, 3.05) is 46.4 Å². The molecule has 5 nitrogen and oxygen atoms in total. The van der Waals surface area contributed by atoms with Gasteiger partial charge >= 0.3 is 5.97 Å². The van der Waals surface area contributed by atoms with E-state index in [1.165, 1.54) is 0 Å². The molecule has 0 bridgehead atoms. The Morgan fingerprint density at radius 2 is 2.05 bits per heavy atom. The summed E-state index contributed by atoms with van der Waals surface area (Å²) in [5.74, 6) is -0.732. The first kappa shape index (κ1) is 15.1. The Balaban J connectivity index is 1.88. The highest BCUT2D eigenvalue weighted by atomic mass is 35.5. The van der Waals surface area contributed by atoms with Gasteiger partial charge in [-0.2, -0.15) is 0 Å². The molecule has 1 saturated heterocycles. The molecule has 110 valence electrons. The molecule has 0 atom stereocenters. The Morgan fingerprint density at radius 1 is 1.35 bits per heavy atom. The van der Waals surface area contributed by atoms with Crippen molar-refractivity contribution >= 4 is 17.6 Å². The second-order valence-corrected chi connectivity index (χ2v) is 5.32. The van der Waals surface area contributed by atoms with Gasteiger partial charge in [0.2, 0.25) is 0 Å². The lowest BCUT2D eigenvalue weighted by Crippen LogP contribution is -2.45. The number of aromatic carboxylic acids is 1. The number of hydrogen-bond donors (Lipinski definition) is 1. The van der Waals surface area contributed by atoms with Crippen LogP contribution in [-0.4, -0.2) is 67.3 Å². The van der Waals surface area contributed by atoms with Crippen LogP contribution in [0.5, 0.6) is 5.75 Å². The summed E-state index contributed by atoms with van der Waals surface area (Å²) >= 11 is 5.89. The monoisotopic (exact) mass is 298 g/mol. The van der Waals surface area contributed by atoms with Crippen LogP contribution in [0, 0.1) is 0 Å². The zero-order chi connectivity index (χ0) is 14.5. The van der Waals surface area contributed by atoms with Crippen LogP contribution >= 0.6 is 11.6 Å². The summed E-state index contributed by atoms with van der Waals surface area (Å²) in [5.41, 5.74) is 0.0348. The summed E-state index contributed by atoms with van der Waals surface area (Å²) in [6.07, 6.45) is 0. The standard InChI is InChI=1S/C14H19ClN2O3/c1-16-5-7-17(8-6-16)9-10-20-12-4-2-3-11(15)13(12)14(18)19/h2-4H,5-10H2,1H3,(H,18,19). The number of benzene rings is 1. The molecule has 1 heterocycles. The van der Waals surface area contributed by atoms with Crippen LogP contribution in [0.3, 0.4) is 0 Å². The fourth-order valence-electron chi connectivity index (χ4n) is 2.19. The first-order chi connectivity index (χ1) is 9.58. The van der Waals surface area contributed by atoms with Gasteiger partial charge in [0.15, 0.2) is 0 Å². The quantitative estimate of drug-likeness (QED) is 0.896. The smallest absolute Gasteiger partial charge is 0.341 e. The number of rotatable bonds is 5. The minimum absolute atomic E-state index is 0.0348. The Kier molecular flexibility index (Phi) is 5.23. The summed E-state index contributed by atoms with van der Waals surface area (Å²) in [7, 11) is 2.11. The maximum Gasteiger partial charge on any atom is 0.341 e. The lowest BCUT2D eigenvalue weighted by atomic mass is 10.2. The predicted octanol–water partition coefficient (Wildman–Crippen LogP) is 1.66. The third kappa shape index (κ3) is 3.85. The van der Waals surface area contributed by atoms with Crippen LogP contribution in [0.1, 0.15) is 10.4 Å². The highest BCUT2D eigenvalue weighted by Crippen LogP contribution is 2.26. The largest absolute Gasteiger partial charge is 0.491 e. The molecule has 1 aromatic rings. The molecule has 0 unspecified atom stereocenters. The zero-order valence-electron chi connectivity index (χ0n) is 11.5. The molecule has 0 aromatic heterocycles. The van der Waals surface area contributed by atoms with Crippen molar-refractivity contribution in [1.82, 2.24) is 9.80 Å². The average Bonchev–Trinajstić information content (AvgIpc) is 2.40. The summed E-state index contributed by atoms with van der Waals surface area (Å²) in [6.45, 7) is 5.39. The molecule has 0 radical (unpaired) electrons. The highest BCUT2D eigenvalue weighted by Gasteiger charge is 2.17. The molecule has 1 N–H and O–H groups in total. The lowest BCUT2D eigenvalue weighted by molar-refractivity contribution is 0.0691. The number of ether oxygens (including phenoxy) is 1. The minimum Gasteiger partial charge on any atom is -0.491 e. The van der Waals surface area contributed by atoms with Crippen LogP contribution in [0.15, 0.2) is 18.2 Å². The van der Waals surface area contributed by atoms with Crippen LogP contribution in [-0.2, 0) is 0 Å². The molecule has 1 aliphatic heterocycles. The van der Waals surface area contributed by atoms with Crippen molar-refractivity contribution in [1.29, 1.82) is 0 Å². The Labute approximate surface area is 123 Å². The number of nitrogens with zero attached hydrogens (tertiary/aromatic N) is 2. The number of halogens is 1. The molecule has 6 heteroatoms. The Hall–Kier alpha value is -1.30. The first-order valence-electron chi connectivity index (χ1n) is 6.63. The van der Waals surface area contributed by atoms with Crippen LogP contribution in [0.4, 0.5) is 0 Å². The number of likely N-dealkylation sites (N-methyl/N-ethyl adjacent to an activating group) is 1. The SMILES string of the molecule is CN1CCN(CCOc2cccc(Cl)c2C(=O)O)CC1. The second kappa shape index (κ2) is 6.92. The number of hydrogen-bond acceptors (Lipinski definition) is 4. The van der Waals surface area contributed by atoms with E-state index in [1.807, 2.05) is 0 Å². The molecule has 1 aliphatic rings. The molecule has 0 saturated carbocycles. The van der Waals surface area contributed by atoms with Crippen LogP contribution in [0.25, 0.3) is 0 Å². The second-order valence-electron chi connectivity index (χ2n) is 4.91. The molecule has 0 spiro atoms. The van der Waals surface area contributed by atoms with Gasteiger partial charge in [0.25, 0.3) is 0 Å². The van der Waals surface area contributed by atoms with Crippen LogP contribution in [0.2, 0.25) is 5.02 Å². The summed E-state index contributed by atoms with van der Waals surface area (Å²) in [4.78, 5) is 15.8. The van der Waals surface area contributed by atoms with Gasteiger partial charge in [0.1, 0.15) is 17.9 Å². The van der Waals surface area contributed by atoms with E-state index in [0.29, 0.717) is 12.4 Å². The van der Waals surface area contributed by atoms with Gasteiger partial charge in [-0.15, -0.1) is 0 Å². The van der Waals surface area contributed by atoms with Crippen molar-refractivity contribution in [3.05, 3.63) is 28.8 Å². The van der Waals surface area contributed by atoms with Gasteiger partial charge in [-0.1, -0.05) is 17.7 Å². The van der Waals surface area contributed by atoms with E-state index in [1.54, 1.807) is 18.2 Å². The van der Waals surface area contributed by atoms with Crippen LogP contribution < -0.4 is 4.74 Å². The van der Waals surface area contributed by atoms with Gasteiger partial charge in [0, 0.05) is 32.7 Å². The third-order valence-electron chi connectivity index (χ3n) is 3.45. The highest BCUT2D eigenvalue weighted by molar-refractivity contribution is 6.33. The molecule has 0 aliphatic carbocycles. The van der Waals surface area contributed by atoms with Gasteiger partial charge in [-0.05, 0) is 19.2 Å². The van der Waals surface area contributed by atoms with Crippen molar-refractivity contribution < 1.29 is 14.6 Å². The zero-order valence-corrected chi connectivity index (χ0v) is 12.3. The summed E-state index contributed by atoms with van der Waals surface area (Å²) in [6, 6.07) is 4.89. The van der Waals surface area contributed by atoms with Gasteiger partial charge in [0.05, 0.1) is 5.02 Å². The van der Waals surface area contributed by atoms with Gasteiger partial charge in [-0.25, -0.2) is 4.79 Å². The minimum atomic E-state index is -1.06. The molecule has 1 fully saturated rings. The fourth-order valence-corrected chi connectivity index (χ4v) is 2.44. The first-order valence-corrected chi connectivity index (χ1v) is 7.01. The van der Waals surface area contributed by atoms with Gasteiger partial charge < -0.3 is 14.7 Å². The molecular formula is C14H19ClN2O3. The van der Waals surface area contributed by atoms with Crippen molar-refractivity contribution in [2.24, 2.45) is 0 Å². The predicted molar refractivity (Wildman–Crippen MR) is 77.8 cm³/mol. The van der Waals surface area contributed by atoms with Crippen molar-refractivity contribution in [3.63, 3.8) is 0 Å². The normalized spacial score (nSPS) is 17.1. The topological polar surface area (TPSA) is 53.0 Å². The summed E-state index contributed by atoms with van der Waals surface area (Å²) in [5, 5.41) is 9.35. The van der Waals surface area contributed by atoms with Crippen molar-refractivity contribution in [3.8, 4) is 5.75 Å². The van der Waals surface area contributed by atoms with E-state index in [0.717, 1.165) is 32.7 Å². The number of carboxylic acids is 1. The average molecular weight is 299 g/mol.